The second kappa shape index (κ2) is 7.47. The number of hydrogen-bond acceptors (Lipinski definition) is 5. The highest BCUT2D eigenvalue weighted by Crippen LogP contribution is 2.47. The number of carboxylic acids is 1. The highest BCUT2D eigenvalue weighted by Gasteiger charge is 2.29. The molecule has 3 atom stereocenters. The third-order valence-electron chi connectivity index (χ3n) is 3.54. The predicted molar refractivity (Wildman–Crippen MR) is 89.9 cm³/mol. The Hall–Kier alpha value is -1.36. The molecule has 1 aromatic carbocycles. The summed E-state index contributed by atoms with van der Waals surface area (Å²) in [7, 11) is -3.24. The van der Waals surface area contributed by atoms with E-state index in [1.807, 2.05) is 27.7 Å². The first kappa shape index (κ1) is 19.7. The van der Waals surface area contributed by atoms with Crippen LogP contribution >= 0.6 is 7.60 Å². The molecule has 130 valence electrons. The summed E-state index contributed by atoms with van der Waals surface area (Å²) in [5.74, 6) is -0.641. The van der Waals surface area contributed by atoms with Crippen LogP contribution in [0.25, 0.3) is 0 Å². The minimum Gasteiger partial charge on any atom is -0.480 e. The van der Waals surface area contributed by atoms with E-state index in [1.54, 1.807) is 24.3 Å². The monoisotopic (exact) mass is 343 g/mol. The van der Waals surface area contributed by atoms with Crippen molar-refractivity contribution in [2.45, 2.75) is 46.3 Å². The van der Waals surface area contributed by atoms with Gasteiger partial charge in [-0.15, -0.1) is 0 Å². The average Bonchev–Trinajstić information content (AvgIpc) is 2.38. The molecule has 0 radical (unpaired) electrons. The van der Waals surface area contributed by atoms with Crippen molar-refractivity contribution in [3.05, 3.63) is 29.8 Å². The van der Waals surface area contributed by atoms with Gasteiger partial charge in [0.2, 0.25) is 0 Å². The van der Waals surface area contributed by atoms with Gasteiger partial charge in [-0.3, -0.25) is 9.32 Å². The Morgan fingerprint density at radius 2 is 1.83 bits per heavy atom. The van der Waals surface area contributed by atoms with E-state index in [9.17, 15) is 9.36 Å². The van der Waals surface area contributed by atoms with Gasteiger partial charge in [-0.25, -0.2) is 4.57 Å². The number of aliphatic carboxylic acids is 1. The molecule has 0 aliphatic carbocycles. The van der Waals surface area contributed by atoms with E-state index in [-0.39, 0.29) is 17.9 Å². The van der Waals surface area contributed by atoms with Crippen molar-refractivity contribution in [1.29, 1.82) is 0 Å². The van der Waals surface area contributed by atoms with E-state index in [2.05, 4.69) is 0 Å². The molecule has 0 aromatic heterocycles. The fraction of sp³-hybridized carbons (Fsp3) is 0.562. The van der Waals surface area contributed by atoms with Crippen molar-refractivity contribution in [3.63, 3.8) is 0 Å². The SMILES string of the molecule is CC(OP(C)(=O)Oc1ccc(C[C@H](N)C(=O)O)cc1)C(C)(C)C. The van der Waals surface area contributed by atoms with Crippen molar-refractivity contribution < 1.29 is 23.5 Å². The zero-order valence-electron chi connectivity index (χ0n) is 14.3. The summed E-state index contributed by atoms with van der Waals surface area (Å²) in [6.45, 7) is 9.29. The number of nitrogens with two attached hydrogens (primary N) is 1. The minimum atomic E-state index is -3.24. The van der Waals surface area contributed by atoms with E-state index >= 15 is 0 Å². The molecule has 23 heavy (non-hydrogen) atoms. The van der Waals surface area contributed by atoms with Crippen molar-refractivity contribution in [2.75, 3.05) is 6.66 Å². The van der Waals surface area contributed by atoms with E-state index in [0.29, 0.717) is 5.75 Å². The molecule has 0 bridgehead atoms. The molecule has 6 nitrogen and oxygen atoms in total. The zero-order chi connectivity index (χ0) is 17.8. The van der Waals surface area contributed by atoms with Crippen LogP contribution < -0.4 is 10.3 Å². The molecule has 0 spiro atoms. The number of carbonyl (C=O) groups is 1. The maximum atomic E-state index is 12.5. The highest BCUT2D eigenvalue weighted by atomic mass is 31.2. The third kappa shape index (κ3) is 6.73. The summed E-state index contributed by atoms with van der Waals surface area (Å²) in [5, 5.41) is 8.80. The maximum absolute atomic E-state index is 12.5. The quantitative estimate of drug-likeness (QED) is 0.737. The number of carboxylic acid groups (broad SMARTS) is 1. The van der Waals surface area contributed by atoms with Crippen LogP contribution in [-0.2, 0) is 20.3 Å². The van der Waals surface area contributed by atoms with Crippen LogP contribution in [0.3, 0.4) is 0 Å². The lowest BCUT2D eigenvalue weighted by atomic mass is 9.91. The van der Waals surface area contributed by atoms with E-state index in [0.717, 1.165) is 5.56 Å². The van der Waals surface area contributed by atoms with Crippen LogP contribution in [0, 0.1) is 5.41 Å². The largest absolute Gasteiger partial charge is 0.480 e. The van der Waals surface area contributed by atoms with Gasteiger partial charge in [-0.1, -0.05) is 32.9 Å². The van der Waals surface area contributed by atoms with Gasteiger partial charge < -0.3 is 15.4 Å². The van der Waals surface area contributed by atoms with Crippen LogP contribution in [0.2, 0.25) is 0 Å². The summed E-state index contributed by atoms with van der Waals surface area (Å²) in [6, 6.07) is 5.71. The Balaban J connectivity index is 2.70. The summed E-state index contributed by atoms with van der Waals surface area (Å²) < 4.78 is 23.5. The van der Waals surface area contributed by atoms with Crippen LogP contribution in [-0.4, -0.2) is 29.9 Å². The average molecular weight is 343 g/mol. The molecular weight excluding hydrogens is 317 g/mol. The Morgan fingerprint density at radius 3 is 2.26 bits per heavy atom. The first-order valence-corrected chi connectivity index (χ1v) is 9.42. The van der Waals surface area contributed by atoms with E-state index in [1.165, 1.54) is 6.66 Å². The summed E-state index contributed by atoms with van der Waals surface area (Å²) in [4.78, 5) is 10.7. The number of rotatable bonds is 7. The van der Waals surface area contributed by atoms with Crippen molar-refractivity contribution in [3.8, 4) is 5.75 Å². The van der Waals surface area contributed by atoms with Crippen LogP contribution in [0.15, 0.2) is 24.3 Å². The third-order valence-corrected chi connectivity index (χ3v) is 4.78. The molecule has 0 saturated carbocycles. The van der Waals surface area contributed by atoms with Gasteiger partial charge in [0.1, 0.15) is 11.8 Å². The summed E-state index contributed by atoms with van der Waals surface area (Å²) in [6.07, 6.45) is -0.0112. The smallest absolute Gasteiger partial charge is 0.376 e. The lowest BCUT2D eigenvalue weighted by Gasteiger charge is -2.29. The standard InChI is InChI=1S/C16H26NO5P/c1-11(16(2,3)4)21-23(5,20)22-13-8-6-12(7-9-13)10-14(17)15(18)19/h6-9,11,14H,10,17H2,1-5H3,(H,18,19)/t11?,14-,23?/m0/s1. The van der Waals surface area contributed by atoms with Gasteiger partial charge >= 0.3 is 13.6 Å². The Labute approximate surface area is 137 Å². The van der Waals surface area contributed by atoms with Crippen molar-refractivity contribution >= 4 is 13.6 Å². The molecule has 0 amide bonds. The molecule has 0 heterocycles. The van der Waals surface area contributed by atoms with Gasteiger partial charge in [-0.05, 0) is 36.5 Å². The Bertz CT molecular complexity index is 579. The van der Waals surface area contributed by atoms with Gasteiger partial charge in [-0.2, -0.15) is 0 Å². The van der Waals surface area contributed by atoms with E-state index < -0.39 is 19.6 Å². The lowest BCUT2D eigenvalue weighted by Crippen LogP contribution is -2.32. The van der Waals surface area contributed by atoms with Crippen LogP contribution in [0.4, 0.5) is 0 Å². The number of benzene rings is 1. The second-order valence-electron chi connectivity index (χ2n) is 6.77. The molecular formula is C16H26NO5P. The van der Waals surface area contributed by atoms with Crippen LogP contribution in [0.5, 0.6) is 5.75 Å². The number of hydrogen-bond donors (Lipinski definition) is 2. The normalized spacial score (nSPS) is 17.1. The predicted octanol–water partition coefficient (Wildman–Crippen LogP) is 3.29. The second-order valence-corrected chi connectivity index (χ2v) is 8.71. The summed E-state index contributed by atoms with van der Waals surface area (Å²) in [5.41, 5.74) is 6.11. The van der Waals surface area contributed by atoms with Gasteiger partial charge in [0.15, 0.2) is 0 Å². The molecule has 1 rings (SSSR count). The maximum Gasteiger partial charge on any atom is 0.376 e. The van der Waals surface area contributed by atoms with Crippen molar-refractivity contribution in [1.82, 2.24) is 0 Å². The lowest BCUT2D eigenvalue weighted by molar-refractivity contribution is -0.138. The molecule has 0 fully saturated rings. The topological polar surface area (TPSA) is 98.9 Å². The Morgan fingerprint density at radius 1 is 1.30 bits per heavy atom. The molecule has 7 heteroatoms. The molecule has 0 aliphatic heterocycles. The minimum absolute atomic E-state index is 0.147. The fourth-order valence-corrected chi connectivity index (χ4v) is 3.12. The zero-order valence-corrected chi connectivity index (χ0v) is 15.2. The van der Waals surface area contributed by atoms with Crippen LogP contribution in [0.1, 0.15) is 33.3 Å². The van der Waals surface area contributed by atoms with Crippen molar-refractivity contribution in [2.24, 2.45) is 11.1 Å². The first-order chi connectivity index (χ1) is 10.4. The van der Waals surface area contributed by atoms with Gasteiger partial charge in [0.25, 0.3) is 0 Å². The molecule has 1 aromatic rings. The highest BCUT2D eigenvalue weighted by molar-refractivity contribution is 7.53. The fourth-order valence-electron chi connectivity index (χ4n) is 1.69. The first-order valence-electron chi connectivity index (χ1n) is 7.43. The molecule has 0 aliphatic rings. The van der Waals surface area contributed by atoms with Gasteiger partial charge in [0, 0.05) is 6.66 Å². The molecule has 3 N–H and O–H groups in total. The van der Waals surface area contributed by atoms with Gasteiger partial charge in [0.05, 0.1) is 6.10 Å². The summed E-state index contributed by atoms with van der Waals surface area (Å²) >= 11 is 0. The Kier molecular flexibility index (Phi) is 6.40. The molecule has 0 saturated heterocycles. The molecule has 2 unspecified atom stereocenters. The van der Waals surface area contributed by atoms with E-state index in [4.69, 9.17) is 19.9 Å².